The third-order valence-corrected chi connectivity index (χ3v) is 8.62. The molecule has 3 aromatic rings. The van der Waals surface area contributed by atoms with Crippen LogP contribution in [0.1, 0.15) is 43.0 Å². The van der Waals surface area contributed by atoms with Gasteiger partial charge in [0.1, 0.15) is 12.6 Å². The van der Waals surface area contributed by atoms with Crippen molar-refractivity contribution in [1.82, 2.24) is 10.2 Å². The Balaban J connectivity index is 2.06. The van der Waals surface area contributed by atoms with Gasteiger partial charge >= 0.3 is 0 Å². The summed E-state index contributed by atoms with van der Waals surface area (Å²) in [5, 5.41) is 3.39. The molecule has 0 aliphatic rings. The van der Waals surface area contributed by atoms with Gasteiger partial charge in [0.25, 0.3) is 10.0 Å². The molecule has 2 amide bonds. The number of amides is 2. The van der Waals surface area contributed by atoms with Gasteiger partial charge in [0.05, 0.1) is 10.6 Å². The number of carbonyl (C=O) groups excluding carboxylic acids is 2. The lowest BCUT2D eigenvalue weighted by molar-refractivity contribution is -0.139. The van der Waals surface area contributed by atoms with E-state index in [1.807, 2.05) is 52.8 Å². The van der Waals surface area contributed by atoms with Gasteiger partial charge in [-0.05, 0) is 80.6 Å². The lowest BCUT2D eigenvalue weighted by Crippen LogP contribution is -2.51. The molecule has 0 bridgehead atoms. The molecule has 0 saturated heterocycles. The van der Waals surface area contributed by atoms with Gasteiger partial charge in [-0.15, -0.1) is 0 Å². The fourth-order valence-electron chi connectivity index (χ4n) is 4.21. The molecule has 0 aliphatic heterocycles. The molecule has 9 heteroatoms. The zero-order chi connectivity index (χ0) is 29.6. The molecular weight excluding hydrogens is 546 g/mol. The van der Waals surface area contributed by atoms with Crippen LogP contribution in [0.2, 0.25) is 5.02 Å². The number of rotatable bonds is 11. The molecule has 7 nitrogen and oxygen atoms in total. The Kier molecular flexibility index (Phi) is 10.4. The maximum atomic E-state index is 14.0. The number of nitrogens with one attached hydrogen (secondary N) is 1. The van der Waals surface area contributed by atoms with Gasteiger partial charge in [0.2, 0.25) is 11.8 Å². The normalized spacial score (nSPS) is 12.2. The quantitative estimate of drug-likeness (QED) is 0.316. The predicted molar refractivity (Wildman–Crippen MR) is 161 cm³/mol. The molecule has 3 aromatic carbocycles. The van der Waals surface area contributed by atoms with Gasteiger partial charge in [0, 0.05) is 18.1 Å². The van der Waals surface area contributed by atoms with Crippen LogP contribution in [0.25, 0.3) is 0 Å². The van der Waals surface area contributed by atoms with E-state index in [9.17, 15) is 18.0 Å². The average Bonchev–Trinajstić information content (AvgIpc) is 2.90. The second kappa shape index (κ2) is 13.3. The van der Waals surface area contributed by atoms with Gasteiger partial charge in [-0.3, -0.25) is 13.9 Å². The van der Waals surface area contributed by atoms with E-state index in [2.05, 4.69) is 5.32 Å². The van der Waals surface area contributed by atoms with Crippen molar-refractivity contribution in [2.75, 3.05) is 17.4 Å². The zero-order valence-electron chi connectivity index (χ0n) is 23.9. The summed E-state index contributed by atoms with van der Waals surface area (Å²) in [4.78, 5) is 28.6. The number of benzene rings is 3. The van der Waals surface area contributed by atoms with Crippen LogP contribution in [0.15, 0.2) is 71.6 Å². The minimum atomic E-state index is -4.12. The van der Waals surface area contributed by atoms with Crippen molar-refractivity contribution in [3.8, 4) is 0 Å². The number of anilines is 1. The Labute approximate surface area is 243 Å². The molecule has 0 fully saturated rings. The highest BCUT2D eigenvalue weighted by atomic mass is 35.5. The summed E-state index contributed by atoms with van der Waals surface area (Å²) in [5.41, 5.74) is 3.62. The van der Waals surface area contributed by atoms with E-state index in [0.717, 1.165) is 21.0 Å². The minimum Gasteiger partial charge on any atom is -0.354 e. The van der Waals surface area contributed by atoms with Crippen LogP contribution in [0, 0.1) is 26.7 Å². The summed E-state index contributed by atoms with van der Waals surface area (Å²) in [6.07, 6.45) is 0. The first kappa shape index (κ1) is 31.2. The molecule has 214 valence electrons. The van der Waals surface area contributed by atoms with Gasteiger partial charge in [0.15, 0.2) is 0 Å². The second-order valence-corrected chi connectivity index (χ2v) is 12.9. The Hall–Kier alpha value is -3.36. The third-order valence-electron chi connectivity index (χ3n) is 6.61. The number of carbonyl (C=O) groups is 2. The zero-order valence-corrected chi connectivity index (χ0v) is 25.5. The van der Waals surface area contributed by atoms with Crippen LogP contribution in [0.4, 0.5) is 5.69 Å². The fraction of sp³-hybridized carbons (Fsp3) is 0.355. The standard InChI is InChI=1S/C31H38ClN3O4S/c1-21(2)18-33-31(37)25(6)34(19-26-8-7-9-27(32)17-26)30(36)20-35(29-16-23(4)10-13-24(29)5)40(38,39)28-14-11-22(3)12-15-28/h7-17,21,25H,18-20H2,1-6H3,(H,33,37)/t25-/m0/s1. The molecule has 0 heterocycles. The first-order valence-corrected chi connectivity index (χ1v) is 15.1. The maximum absolute atomic E-state index is 14.0. The Bertz CT molecular complexity index is 1460. The number of hydrogen-bond acceptors (Lipinski definition) is 4. The highest BCUT2D eigenvalue weighted by molar-refractivity contribution is 7.92. The fourth-order valence-corrected chi connectivity index (χ4v) is 5.89. The molecule has 3 rings (SSSR count). The van der Waals surface area contributed by atoms with Crippen molar-refractivity contribution in [3.63, 3.8) is 0 Å². The highest BCUT2D eigenvalue weighted by Gasteiger charge is 2.33. The lowest BCUT2D eigenvalue weighted by Gasteiger charge is -2.32. The average molecular weight is 584 g/mol. The highest BCUT2D eigenvalue weighted by Crippen LogP contribution is 2.29. The van der Waals surface area contributed by atoms with E-state index in [-0.39, 0.29) is 23.3 Å². The molecular formula is C31H38ClN3O4S. The van der Waals surface area contributed by atoms with Gasteiger partial charge in [-0.1, -0.05) is 67.4 Å². The number of halogens is 1. The van der Waals surface area contributed by atoms with Crippen molar-refractivity contribution < 1.29 is 18.0 Å². The molecule has 0 saturated carbocycles. The monoisotopic (exact) mass is 583 g/mol. The molecule has 1 N–H and O–H groups in total. The van der Waals surface area contributed by atoms with Crippen molar-refractivity contribution in [2.24, 2.45) is 5.92 Å². The summed E-state index contributed by atoms with van der Waals surface area (Å²) < 4.78 is 29.2. The molecule has 0 radical (unpaired) electrons. The van der Waals surface area contributed by atoms with Crippen LogP contribution in [-0.4, -0.2) is 44.3 Å². The number of nitrogens with zero attached hydrogens (tertiary/aromatic N) is 2. The van der Waals surface area contributed by atoms with Crippen LogP contribution in [0.3, 0.4) is 0 Å². The summed E-state index contributed by atoms with van der Waals surface area (Å²) in [5.74, 6) is -0.597. The van der Waals surface area contributed by atoms with Crippen molar-refractivity contribution in [3.05, 3.63) is 94.0 Å². The van der Waals surface area contributed by atoms with E-state index in [0.29, 0.717) is 22.8 Å². The molecule has 0 aromatic heterocycles. The third kappa shape index (κ3) is 7.86. The lowest BCUT2D eigenvalue weighted by atomic mass is 10.1. The number of sulfonamides is 1. The smallest absolute Gasteiger partial charge is 0.264 e. The van der Waals surface area contributed by atoms with Gasteiger partial charge in [-0.25, -0.2) is 8.42 Å². The first-order chi connectivity index (χ1) is 18.8. The Morgan fingerprint density at radius 2 is 1.55 bits per heavy atom. The Morgan fingerprint density at radius 3 is 2.17 bits per heavy atom. The molecule has 0 unspecified atom stereocenters. The largest absolute Gasteiger partial charge is 0.354 e. The number of aryl methyl sites for hydroxylation is 3. The van der Waals surface area contributed by atoms with E-state index in [1.54, 1.807) is 55.5 Å². The van der Waals surface area contributed by atoms with Crippen molar-refractivity contribution in [2.45, 2.75) is 59.0 Å². The molecule has 0 spiro atoms. The summed E-state index contributed by atoms with van der Waals surface area (Å²) in [6.45, 7) is 11.2. The van der Waals surface area contributed by atoms with Gasteiger partial charge in [-0.2, -0.15) is 0 Å². The van der Waals surface area contributed by atoms with Gasteiger partial charge < -0.3 is 10.2 Å². The van der Waals surface area contributed by atoms with E-state index >= 15 is 0 Å². The van der Waals surface area contributed by atoms with Crippen LogP contribution < -0.4 is 9.62 Å². The van der Waals surface area contributed by atoms with Crippen molar-refractivity contribution >= 4 is 39.1 Å². The van der Waals surface area contributed by atoms with E-state index in [1.165, 1.54) is 4.90 Å². The maximum Gasteiger partial charge on any atom is 0.264 e. The van der Waals surface area contributed by atoms with Crippen LogP contribution in [0.5, 0.6) is 0 Å². The SMILES string of the molecule is Cc1ccc(S(=O)(=O)N(CC(=O)N(Cc2cccc(Cl)c2)[C@@H](C)C(=O)NCC(C)C)c2cc(C)ccc2C)cc1. The second-order valence-electron chi connectivity index (χ2n) is 10.6. The van der Waals surface area contributed by atoms with Crippen LogP contribution >= 0.6 is 11.6 Å². The van der Waals surface area contributed by atoms with Crippen molar-refractivity contribution in [1.29, 1.82) is 0 Å². The van der Waals surface area contributed by atoms with E-state index < -0.39 is 28.5 Å². The summed E-state index contributed by atoms with van der Waals surface area (Å²) in [7, 11) is -4.12. The topological polar surface area (TPSA) is 86.8 Å². The molecule has 0 aliphatic carbocycles. The Morgan fingerprint density at radius 1 is 0.900 bits per heavy atom. The first-order valence-electron chi connectivity index (χ1n) is 13.3. The van der Waals surface area contributed by atoms with Crippen LogP contribution in [-0.2, 0) is 26.2 Å². The summed E-state index contributed by atoms with van der Waals surface area (Å²) in [6, 6.07) is 18.2. The number of hydrogen-bond donors (Lipinski definition) is 1. The molecule has 1 atom stereocenters. The predicted octanol–water partition coefficient (Wildman–Crippen LogP) is 5.65. The van der Waals surface area contributed by atoms with E-state index in [4.69, 9.17) is 11.6 Å². The summed E-state index contributed by atoms with van der Waals surface area (Å²) >= 11 is 6.20. The molecule has 40 heavy (non-hydrogen) atoms. The minimum absolute atomic E-state index is 0.0796.